The third-order valence-electron chi connectivity index (χ3n) is 3.32. The number of aromatic nitrogens is 2. The van der Waals surface area contributed by atoms with Gasteiger partial charge in [0.05, 0.1) is 11.8 Å². The van der Waals surface area contributed by atoms with Crippen LogP contribution in [0.3, 0.4) is 0 Å². The molecule has 1 aliphatic rings. The maximum Gasteiger partial charge on any atom is 0.328 e. The third-order valence-corrected chi connectivity index (χ3v) is 3.32. The fourth-order valence-electron chi connectivity index (χ4n) is 2.10. The van der Waals surface area contributed by atoms with Crippen molar-refractivity contribution >= 4 is 5.97 Å². The predicted molar refractivity (Wildman–Crippen MR) is 72.8 cm³/mol. The highest BCUT2D eigenvalue weighted by molar-refractivity contribution is 5.69. The first-order valence-corrected chi connectivity index (χ1v) is 6.93. The molecule has 5 heteroatoms. The number of aryl methyl sites for hydroxylation is 1. The smallest absolute Gasteiger partial charge is 0.328 e. The zero-order valence-corrected chi connectivity index (χ0v) is 12.2. The fourth-order valence-corrected chi connectivity index (χ4v) is 2.10. The van der Waals surface area contributed by atoms with Crippen molar-refractivity contribution in [3.8, 4) is 0 Å². The molecule has 1 aromatic rings. The second-order valence-electron chi connectivity index (χ2n) is 5.50. The van der Waals surface area contributed by atoms with Gasteiger partial charge in [-0.3, -0.25) is 9.48 Å². The Morgan fingerprint density at radius 3 is 2.74 bits per heavy atom. The van der Waals surface area contributed by atoms with Gasteiger partial charge in [-0.25, -0.2) is 0 Å². The molecular formula is C14H23N3O2. The van der Waals surface area contributed by atoms with E-state index in [0.717, 1.165) is 17.9 Å². The number of hydrogen-bond acceptors (Lipinski definition) is 4. The maximum absolute atomic E-state index is 11.7. The van der Waals surface area contributed by atoms with Gasteiger partial charge in [0.25, 0.3) is 0 Å². The first-order valence-electron chi connectivity index (χ1n) is 6.93. The van der Waals surface area contributed by atoms with Crippen LogP contribution >= 0.6 is 0 Å². The third kappa shape index (κ3) is 3.80. The summed E-state index contributed by atoms with van der Waals surface area (Å²) in [6.45, 7) is 8.72. The summed E-state index contributed by atoms with van der Waals surface area (Å²) in [5.74, 6) is -0.234. The van der Waals surface area contributed by atoms with Crippen molar-refractivity contribution in [3.05, 3.63) is 17.0 Å². The molecule has 106 valence electrons. The average molecular weight is 265 g/mol. The molecule has 1 saturated carbocycles. The molecule has 2 rings (SSSR count). The molecule has 1 aromatic heterocycles. The second kappa shape index (κ2) is 5.74. The van der Waals surface area contributed by atoms with Crippen LogP contribution in [0.15, 0.2) is 0 Å². The SMILES string of the molecule is Cc1nn(CC(=O)OC(C)C)c(C)c1CNC1CC1. The summed E-state index contributed by atoms with van der Waals surface area (Å²) in [7, 11) is 0. The number of ether oxygens (including phenoxy) is 1. The Morgan fingerprint density at radius 2 is 2.16 bits per heavy atom. The molecule has 0 unspecified atom stereocenters. The molecule has 0 radical (unpaired) electrons. The van der Waals surface area contributed by atoms with E-state index in [1.807, 2.05) is 27.7 Å². The summed E-state index contributed by atoms with van der Waals surface area (Å²) in [6.07, 6.45) is 2.46. The van der Waals surface area contributed by atoms with Crippen LogP contribution in [0.1, 0.15) is 43.6 Å². The standard InChI is InChI=1S/C14H23N3O2/c1-9(2)19-14(18)8-17-11(4)13(10(3)16-17)7-15-12-5-6-12/h9,12,15H,5-8H2,1-4H3. The Kier molecular flexibility index (Phi) is 4.24. The van der Waals surface area contributed by atoms with E-state index >= 15 is 0 Å². The van der Waals surface area contributed by atoms with Gasteiger partial charge in [0.2, 0.25) is 0 Å². The van der Waals surface area contributed by atoms with Crippen LogP contribution < -0.4 is 5.32 Å². The van der Waals surface area contributed by atoms with Gasteiger partial charge in [0, 0.05) is 23.8 Å². The normalized spacial score (nSPS) is 15.0. The van der Waals surface area contributed by atoms with Crippen LogP contribution in [-0.4, -0.2) is 27.9 Å². The molecule has 1 fully saturated rings. The average Bonchev–Trinajstić information content (AvgIpc) is 3.06. The van der Waals surface area contributed by atoms with Crippen molar-refractivity contribution in [1.82, 2.24) is 15.1 Å². The lowest BCUT2D eigenvalue weighted by Gasteiger charge is -2.09. The van der Waals surface area contributed by atoms with Gasteiger partial charge >= 0.3 is 5.97 Å². The van der Waals surface area contributed by atoms with Crippen molar-refractivity contribution in [1.29, 1.82) is 0 Å². The Morgan fingerprint density at radius 1 is 1.47 bits per heavy atom. The lowest BCUT2D eigenvalue weighted by molar-refractivity contribution is -0.148. The van der Waals surface area contributed by atoms with E-state index in [1.54, 1.807) is 4.68 Å². The van der Waals surface area contributed by atoms with E-state index in [9.17, 15) is 4.79 Å². The van der Waals surface area contributed by atoms with E-state index in [-0.39, 0.29) is 18.6 Å². The van der Waals surface area contributed by atoms with Crippen LogP contribution in [0.2, 0.25) is 0 Å². The van der Waals surface area contributed by atoms with Crippen LogP contribution in [-0.2, 0) is 22.6 Å². The minimum Gasteiger partial charge on any atom is -0.462 e. The molecule has 1 heterocycles. The molecule has 0 spiro atoms. The molecule has 0 atom stereocenters. The highest BCUT2D eigenvalue weighted by Gasteiger charge is 2.22. The first-order chi connectivity index (χ1) is 8.97. The number of carbonyl (C=O) groups excluding carboxylic acids is 1. The number of carbonyl (C=O) groups is 1. The number of rotatable bonds is 6. The van der Waals surface area contributed by atoms with Gasteiger partial charge in [0.1, 0.15) is 6.54 Å². The molecular weight excluding hydrogens is 242 g/mol. The highest BCUT2D eigenvalue weighted by atomic mass is 16.5. The van der Waals surface area contributed by atoms with Gasteiger partial charge in [0.15, 0.2) is 0 Å². The minimum atomic E-state index is -0.234. The Bertz CT molecular complexity index is 462. The topological polar surface area (TPSA) is 56.2 Å². The molecule has 1 N–H and O–H groups in total. The quantitative estimate of drug-likeness (QED) is 0.795. The monoisotopic (exact) mass is 265 g/mol. The van der Waals surface area contributed by atoms with Crippen LogP contribution in [0.4, 0.5) is 0 Å². The fraction of sp³-hybridized carbons (Fsp3) is 0.714. The lowest BCUT2D eigenvalue weighted by Crippen LogP contribution is -2.19. The van der Waals surface area contributed by atoms with Gasteiger partial charge in [-0.1, -0.05) is 0 Å². The van der Waals surface area contributed by atoms with Gasteiger partial charge < -0.3 is 10.1 Å². The molecule has 0 aromatic carbocycles. The maximum atomic E-state index is 11.7. The van der Waals surface area contributed by atoms with Crippen molar-refractivity contribution in [2.45, 2.75) is 65.8 Å². The van der Waals surface area contributed by atoms with E-state index in [2.05, 4.69) is 10.4 Å². The van der Waals surface area contributed by atoms with E-state index in [1.165, 1.54) is 18.4 Å². The van der Waals surface area contributed by atoms with E-state index in [0.29, 0.717) is 6.04 Å². The van der Waals surface area contributed by atoms with Crippen molar-refractivity contribution < 1.29 is 9.53 Å². The summed E-state index contributed by atoms with van der Waals surface area (Å²) >= 11 is 0. The summed E-state index contributed by atoms with van der Waals surface area (Å²) in [5.41, 5.74) is 3.23. The molecule has 0 bridgehead atoms. The molecule has 1 aliphatic carbocycles. The summed E-state index contributed by atoms with van der Waals surface area (Å²) in [5, 5.41) is 7.92. The Balaban J connectivity index is 2.00. The largest absolute Gasteiger partial charge is 0.462 e. The van der Waals surface area contributed by atoms with Crippen LogP contribution in [0, 0.1) is 13.8 Å². The van der Waals surface area contributed by atoms with Crippen molar-refractivity contribution in [2.75, 3.05) is 0 Å². The number of hydrogen-bond donors (Lipinski definition) is 1. The van der Waals surface area contributed by atoms with Gasteiger partial charge in [-0.15, -0.1) is 0 Å². The zero-order valence-electron chi connectivity index (χ0n) is 12.2. The van der Waals surface area contributed by atoms with E-state index in [4.69, 9.17) is 4.74 Å². The van der Waals surface area contributed by atoms with Crippen molar-refractivity contribution in [3.63, 3.8) is 0 Å². The summed E-state index contributed by atoms with van der Waals surface area (Å²) in [6, 6.07) is 0.674. The van der Waals surface area contributed by atoms with Crippen LogP contribution in [0.5, 0.6) is 0 Å². The molecule has 19 heavy (non-hydrogen) atoms. The van der Waals surface area contributed by atoms with Crippen LogP contribution in [0.25, 0.3) is 0 Å². The first kappa shape index (κ1) is 14.1. The van der Waals surface area contributed by atoms with Gasteiger partial charge in [-0.05, 0) is 40.5 Å². The molecule has 5 nitrogen and oxygen atoms in total. The molecule has 0 aliphatic heterocycles. The molecule has 0 amide bonds. The Hall–Kier alpha value is -1.36. The number of nitrogens with zero attached hydrogens (tertiary/aromatic N) is 2. The van der Waals surface area contributed by atoms with E-state index < -0.39 is 0 Å². The van der Waals surface area contributed by atoms with Crippen molar-refractivity contribution in [2.24, 2.45) is 0 Å². The zero-order chi connectivity index (χ0) is 14.0. The molecule has 0 saturated heterocycles. The van der Waals surface area contributed by atoms with Gasteiger partial charge in [-0.2, -0.15) is 5.10 Å². The summed E-state index contributed by atoms with van der Waals surface area (Å²) < 4.78 is 6.89. The summed E-state index contributed by atoms with van der Waals surface area (Å²) in [4.78, 5) is 11.7. The Labute approximate surface area is 114 Å². The highest BCUT2D eigenvalue weighted by Crippen LogP contribution is 2.21. The predicted octanol–water partition coefficient (Wildman–Crippen LogP) is 1.70. The number of esters is 1. The lowest BCUT2D eigenvalue weighted by atomic mass is 10.2. The minimum absolute atomic E-state index is 0.0829. The second-order valence-corrected chi connectivity index (χ2v) is 5.50. The number of nitrogens with one attached hydrogen (secondary N) is 1.